The Kier molecular flexibility index (Phi) is 4.43. The average molecular weight is 347 g/mol. The lowest BCUT2D eigenvalue weighted by Gasteiger charge is -2.19. The van der Waals surface area contributed by atoms with Crippen molar-refractivity contribution in [2.75, 3.05) is 0 Å². The van der Waals surface area contributed by atoms with Gasteiger partial charge in [0.05, 0.1) is 0 Å². The Bertz CT molecular complexity index is 798. The van der Waals surface area contributed by atoms with E-state index in [2.05, 4.69) is 15.4 Å². The highest BCUT2D eigenvalue weighted by atomic mass is 35.5. The summed E-state index contributed by atoms with van der Waals surface area (Å²) >= 11 is 11.8. The molecule has 1 heterocycles. The van der Waals surface area contributed by atoms with E-state index in [9.17, 15) is 4.79 Å². The molecule has 3 N–H and O–H groups in total. The highest BCUT2D eigenvalue weighted by Gasteiger charge is 2.30. The molecule has 0 radical (unpaired) electrons. The molecule has 1 atom stereocenters. The predicted molar refractivity (Wildman–Crippen MR) is 91.9 cm³/mol. The summed E-state index contributed by atoms with van der Waals surface area (Å²) in [5.41, 5.74) is 4.06. The third-order valence-corrected chi connectivity index (χ3v) is 3.89. The minimum atomic E-state index is -0.721. The fourth-order valence-electron chi connectivity index (χ4n) is 2.26. The van der Waals surface area contributed by atoms with Crippen molar-refractivity contribution >= 4 is 40.7 Å². The Labute approximate surface area is 142 Å². The van der Waals surface area contributed by atoms with Crippen LogP contribution in [0.5, 0.6) is 0 Å². The number of benzene rings is 2. The Morgan fingerprint density at radius 3 is 2.09 bits per heavy atom. The van der Waals surface area contributed by atoms with Gasteiger partial charge in [-0.2, -0.15) is 0 Å². The van der Waals surface area contributed by atoms with Crippen molar-refractivity contribution in [3.05, 3.63) is 69.7 Å². The molecule has 0 aromatic heterocycles. The van der Waals surface area contributed by atoms with Gasteiger partial charge in [-0.1, -0.05) is 47.5 Å². The average Bonchev–Trinajstić information content (AvgIpc) is 2.57. The molecule has 2 aromatic carbocycles. The van der Waals surface area contributed by atoms with E-state index < -0.39 is 6.04 Å². The van der Waals surface area contributed by atoms with E-state index in [1.807, 2.05) is 0 Å². The molecular formula is C16H12Cl2N4O. The monoisotopic (exact) mass is 346 g/mol. The number of hydrogen-bond donors (Lipinski definition) is 2. The predicted octanol–water partition coefficient (Wildman–Crippen LogP) is 2.93. The van der Waals surface area contributed by atoms with Gasteiger partial charge in [0, 0.05) is 15.6 Å². The van der Waals surface area contributed by atoms with Crippen LogP contribution in [0.2, 0.25) is 10.0 Å². The highest BCUT2D eigenvalue weighted by Crippen LogP contribution is 2.26. The number of hydrazine groups is 1. The van der Waals surface area contributed by atoms with Crippen LogP contribution in [-0.2, 0) is 4.79 Å². The van der Waals surface area contributed by atoms with Crippen molar-refractivity contribution in [1.82, 2.24) is 5.43 Å². The number of Topliss-reactive ketones (excluding diaryl/α,β-unsaturated/α-hetero) is 1. The lowest BCUT2D eigenvalue weighted by molar-refractivity contribution is -0.114. The zero-order valence-electron chi connectivity index (χ0n) is 11.8. The number of ketones is 1. The molecule has 0 aliphatic carbocycles. The zero-order chi connectivity index (χ0) is 16.4. The third-order valence-electron chi connectivity index (χ3n) is 3.38. The number of guanidine groups is 1. The summed E-state index contributed by atoms with van der Waals surface area (Å²) in [5.74, 6) is 5.41. The van der Waals surface area contributed by atoms with Crippen LogP contribution in [0, 0.1) is 0 Å². The van der Waals surface area contributed by atoms with Gasteiger partial charge < -0.3 is 0 Å². The van der Waals surface area contributed by atoms with Crippen LogP contribution in [0.25, 0.3) is 0 Å². The standard InChI is InChI=1S/C16H12Cl2N4O/c17-11-5-1-9(2-6-11)13-15(23)14(21-16(20-13)22-19)10-3-7-12(18)8-4-10/h1-8,13H,19H2,(H,20,22). The number of hydrogen-bond acceptors (Lipinski definition) is 5. The molecule has 1 aliphatic heterocycles. The molecule has 0 amide bonds. The molecule has 1 unspecified atom stereocenters. The maximum atomic E-state index is 12.8. The van der Waals surface area contributed by atoms with Crippen LogP contribution in [-0.4, -0.2) is 17.5 Å². The molecular weight excluding hydrogens is 335 g/mol. The number of aliphatic imine (C=N–C) groups is 2. The molecule has 0 saturated heterocycles. The molecule has 116 valence electrons. The minimum Gasteiger partial charge on any atom is -0.293 e. The van der Waals surface area contributed by atoms with Gasteiger partial charge in [-0.05, 0) is 29.8 Å². The van der Waals surface area contributed by atoms with E-state index in [0.717, 1.165) is 0 Å². The molecule has 0 saturated carbocycles. The van der Waals surface area contributed by atoms with Gasteiger partial charge in [-0.3, -0.25) is 10.2 Å². The van der Waals surface area contributed by atoms with Crippen molar-refractivity contribution < 1.29 is 4.79 Å². The number of nitrogens with zero attached hydrogens (tertiary/aromatic N) is 2. The molecule has 7 heteroatoms. The molecule has 0 fully saturated rings. The van der Waals surface area contributed by atoms with Crippen LogP contribution in [0.4, 0.5) is 0 Å². The number of halogens is 2. The summed E-state index contributed by atoms with van der Waals surface area (Å²) in [5, 5.41) is 1.17. The summed E-state index contributed by atoms with van der Waals surface area (Å²) in [4.78, 5) is 21.2. The van der Waals surface area contributed by atoms with Crippen molar-refractivity contribution in [2.45, 2.75) is 6.04 Å². The van der Waals surface area contributed by atoms with Crippen molar-refractivity contribution in [3.8, 4) is 0 Å². The molecule has 5 nitrogen and oxygen atoms in total. The van der Waals surface area contributed by atoms with Crippen LogP contribution in [0.3, 0.4) is 0 Å². The first kappa shape index (κ1) is 15.7. The maximum absolute atomic E-state index is 12.8. The van der Waals surface area contributed by atoms with Crippen LogP contribution in [0.1, 0.15) is 17.2 Å². The van der Waals surface area contributed by atoms with Gasteiger partial charge in [0.1, 0.15) is 11.8 Å². The molecule has 3 rings (SSSR count). The lowest BCUT2D eigenvalue weighted by atomic mass is 9.95. The minimum absolute atomic E-state index is 0.189. The summed E-state index contributed by atoms with van der Waals surface area (Å²) < 4.78 is 0. The zero-order valence-corrected chi connectivity index (χ0v) is 13.3. The van der Waals surface area contributed by atoms with E-state index >= 15 is 0 Å². The maximum Gasteiger partial charge on any atom is 0.234 e. The molecule has 23 heavy (non-hydrogen) atoms. The van der Waals surface area contributed by atoms with E-state index in [1.165, 1.54) is 0 Å². The molecule has 1 aliphatic rings. The number of carbonyl (C=O) groups is 1. The van der Waals surface area contributed by atoms with Crippen molar-refractivity contribution in [2.24, 2.45) is 15.8 Å². The highest BCUT2D eigenvalue weighted by molar-refractivity contribution is 6.50. The summed E-state index contributed by atoms with van der Waals surface area (Å²) in [6, 6.07) is 13.1. The second-order valence-corrected chi connectivity index (χ2v) is 5.76. The quantitative estimate of drug-likeness (QED) is 0.648. The van der Waals surface area contributed by atoms with Gasteiger partial charge in [-0.25, -0.2) is 15.8 Å². The summed E-state index contributed by atoms with van der Waals surface area (Å²) in [7, 11) is 0. The Balaban J connectivity index is 2.03. The van der Waals surface area contributed by atoms with Gasteiger partial charge >= 0.3 is 0 Å². The Morgan fingerprint density at radius 2 is 1.52 bits per heavy atom. The van der Waals surface area contributed by atoms with E-state index in [1.54, 1.807) is 48.5 Å². The Morgan fingerprint density at radius 1 is 0.957 bits per heavy atom. The topological polar surface area (TPSA) is 79.8 Å². The van der Waals surface area contributed by atoms with Crippen molar-refractivity contribution in [1.29, 1.82) is 0 Å². The van der Waals surface area contributed by atoms with E-state index in [4.69, 9.17) is 29.0 Å². The third kappa shape index (κ3) is 3.27. The molecule has 0 spiro atoms. The second-order valence-electron chi connectivity index (χ2n) is 4.88. The van der Waals surface area contributed by atoms with Crippen LogP contribution >= 0.6 is 23.2 Å². The fraction of sp³-hybridized carbons (Fsp3) is 0.0625. The second kappa shape index (κ2) is 6.50. The largest absolute Gasteiger partial charge is 0.293 e. The summed E-state index contributed by atoms with van der Waals surface area (Å²) in [6.45, 7) is 0. The SMILES string of the molecule is NNC1=NC(c2ccc(Cl)cc2)C(=O)C(c2ccc(Cl)cc2)=N1. The van der Waals surface area contributed by atoms with Gasteiger partial charge in [0.2, 0.25) is 11.7 Å². The number of nitrogens with one attached hydrogen (secondary N) is 1. The Hall–Kier alpha value is -2.21. The summed E-state index contributed by atoms with van der Waals surface area (Å²) in [6.07, 6.45) is 0. The van der Waals surface area contributed by atoms with E-state index in [0.29, 0.717) is 21.2 Å². The van der Waals surface area contributed by atoms with Crippen LogP contribution < -0.4 is 11.3 Å². The smallest absolute Gasteiger partial charge is 0.234 e. The van der Waals surface area contributed by atoms with Gasteiger partial charge in [-0.15, -0.1) is 0 Å². The van der Waals surface area contributed by atoms with Gasteiger partial charge in [0.25, 0.3) is 0 Å². The fourth-order valence-corrected chi connectivity index (χ4v) is 2.51. The normalized spacial score (nSPS) is 17.5. The first-order valence-electron chi connectivity index (χ1n) is 6.77. The number of carbonyl (C=O) groups excluding carboxylic acids is 1. The number of nitrogens with two attached hydrogens (primary N) is 1. The first-order valence-corrected chi connectivity index (χ1v) is 7.53. The first-order chi connectivity index (χ1) is 11.1. The van der Waals surface area contributed by atoms with Crippen LogP contribution in [0.15, 0.2) is 58.5 Å². The van der Waals surface area contributed by atoms with Crippen molar-refractivity contribution in [3.63, 3.8) is 0 Å². The molecule has 2 aromatic rings. The molecule has 0 bridgehead atoms. The van der Waals surface area contributed by atoms with E-state index in [-0.39, 0.29) is 17.5 Å². The number of rotatable bonds is 2. The van der Waals surface area contributed by atoms with Gasteiger partial charge in [0.15, 0.2) is 0 Å². The lowest BCUT2D eigenvalue weighted by Crippen LogP contribution is -2.36.